The van der Waals surface area contributed by atoms with Crippen LogP contribution in [0.5, 0.6) is 11.5 Å². The lowest BCUT2D eigenvalue weighted by Crippen LogP contribution is -2.43. The number of ether oxygens (including phenoxy) is 2. The molecule has 1 fully saturated rings. The van der Waals surface area contributed by atoms with Crippen molar-refractivity contribution in [2.75, 3.05) is 44.6 Å². The average Bonchev–Trinajstić information content (AvgIpc) is 3.19. The number of nitrogens with zero attached hydrogens (tertiary/aromatic N) is 1. The lowest BCUT2D eigenvalue weighted by Gasteiger charge is -2.23. The van der Waals surface area contributed by atoms with Crippen molar-refractivity contribution in [2.45, 2.75) is 32.7 Å². The molecule has 0 bridgehead atoms. The third-order valence-electron chi connectivity index (χ3n) is 5.51. The van der Waals surface area contributed by atoms with E-state index in [1.807, 2.05) is 24.3 Å². The van der Waals surface area contributed by atoms with E-state index in [4.69, 9.17) is 15.2 Å². The van der Waals surface area contributed by atoms with Crippen molar-refractivity contribution in [2.24, 2.45) is 5.73 Å². The minimum absolute atomic E-state index is 0.0682. The Balaban J connectivity index is 1.65. The molecule has 10 heteroatoms. The Morgan fingerprint density at radius 1 is 1.18 bits per heavy atom. The number of thiophene rings is 1. The maximum absolute atomic E-state index is 12.4. The Kier molecular flexibility index (Phi) is 9.35. The molecule has 9 nitrogen and oxygen atoms in total. The molecule has 1 saturated heterocycles. The molecule has 1 aromatic heterocycles. The number of hydrogen-bond donors (Lipinski definition) is 4. The van der Waals surface area contributed by atoms with Crippen LogP contribution in [0.4, 0.5) is 14.6 Å². The number of benzene rings is 1. The highest BCUT2D eigenvalue weighted by Gasteiger charge is 2.20. The first-order chi connectivity index (χ1) is 16.0. The second-order valence-electron chi connectivity index (χ2n) is 7.75. The Morgan fingerprint density at radius 2 is 1.88 bits per heavy atom. The van der Waals surface area contributed by atoms with E-state index < -0.39 is 12.1 Å². The van der Waals surface area contributed by atoms with E-state index in [1.165, 1.54) is 11.3 Å². The highest BCUT2D eigenvalue weighted by Crippen LogP contribution is 2.41. The van der Waals surface area contributed by atoms with Gasteiger partial charge >= 0.3 is 12.1 Å². The Bertz CT molecular complexity index is 908. The number of piperidine rings is 1. The normalized spacial score (nSPS) is 14.2. The van der Waals surface area contributed by atoms with Crippen molar-refractivity contribution < 1.29 is 19.1 Å². The van der Waals surface area contributed by atoms with Gasteiger partial charge in [0, 0.05) is 23.5 Å². The van der Waals surface area contributed by atoms with E-state index >= 15 is 0 Å². The molecule has 0 aliphatic carbocycles. The fourth-order valence-electron chi connectivity index (χ4n) is 3.60. The van der Waals surface area contributed by atoms with E-state index in [1.54, 1.807) is 6.07 Å². The van der Waals surface area contributed by atoms with E-state index in [2.05, 4.69) is 34.7 Å². The topological polar surface area (TPSA) is 118 Å². The van der Waals surface area contributed by atoms with Crippen molar-refractivity contribution in [3.05, 3.63) is 30.3 Å². The van der Waals surface area contributed by atoms with Gasteiger partial charge in [-0.3, -0.25) is 5.32 Å². The van der Waals surface area contributed by atoms with Crippen molar-refractivity contribution >= 4 is 28.5 Å². The Hall–Kier alpha value is -2.82. The molecule has 2 aromatic rings. The Labute approximate surface area is 198 Å². The molecule has 5 N–H and O–H groups in total. The molecule has 180 valence electrons. The second-order valence-corrected chi connectivity index (χ2v) is 8.80. The third-order valence-corrected chi connectivity index (χ3v) is 6.59. The third kappa shape index (κ3) is 7.62. The first kappa shape index (κ1) is 24.8. The van der Waals surface area contributed by atoms with Gasteiger partial charge < -0.3 is 30.7 Å². The molecule has 33 heavy (non-hydrogen) atoms. The molecule has 0 atom stereocenters. The van der Waals surface area contributed by atoms with Crippen molar-refractivity contribution in [3.63, 3.8) is 0 Å². The average molecular weight is 476 g/mol. The molecule has 1 aliphatic heterocycles. The van der Waals surface area contributed by atoms with Crippen LogP contribution in [-0.2, 0) is 0 Å². The van der Waals surface area contributed by atoms with E-state index in [-0.39, 0.29) is 11.8 Å². The molecule has 2 heterocycles. The van der Waals surface area contributed by atoms with Crippen LogP contribution in [0.3, 0.4) is 0 Å². The van der Waals surface area contributed by atoms with Crippen LogP contribution in [0.1, 0.15) is 26.7 Å². The zero-order valence-electron chi connectivity index (χ0n) is 19.2. The van der Waals surface area contributed by atoms with Crippen molar-refractivity contribution in [1.29, 1.82) is 0 Å². The monoisotopic (exact) mass is 475 g/mol. The number of rotatable bonds is 10. The maximum atomic E-state index is 12.4. The van der Waals surface area contributed by atoms with Crippen LogP contribution in [0.15, 0.2) is 30.3 Å². The van der Waals surface area contributed by atoms with Crippen LogP contribution in [-0.4, -0.2) is 62.4 Å². The summed E-state index contributed by atoms with van der Waals surface area (Å²) in [7, 11) is 0. The van der Waals surface area contributed by atoms with Gasteiger partial charge in [0.05, 0.1) is 0 Å². The van der Waals surface area contributed by atoms with E-state index in [9.17, 15) is 9.59 Å². The van der Waals surface area contributed by atoms with Crippen LogP contribution >= 0.6 is 11.3 Å². The van der Waals surface area contributed by atoms with Gasteiger partial charge in [-0.25, -0.2) is 9.59 Å². The number of likely N-dealkylation sites (N-methyl/N-ethyl adjacent to an activating group) is 1. The molecular formula is C23H33N5O4S. The van der Waals surface area contributed by atoms with Crippen LogP contribution in [0.2, 0.25) is 0 Å². The van der Waals surface area contributed by atoms with Crippen LogP contribution in [0, 0.1) is 0 Å². The van der Waals surface area contributed by atoms with Gasteiger partial charge in [-0.1, -0.05) is 13.8 Å². The van der Waals surface area contributed by atoms with Gasteiger partial charge in [0.1, 0.15) is 17.4 Å². The lowest BCUT2D eigenvalue weighted by atomic mass is 10.1. The number of carbonyl (C=O) groups is 2. The summed E-state index contributed by atoms with van der Waals surface area (Å²) in [5.74, 6) is 1.05. The molecule has 1 aliphatic rings. The Morgan fingerprint density at radius 3 is 2.52 bits per heavy atom. The number of anilines is 1. The summed E-state index contributed by atoms with van der Waals surface area (Å²) in [6.45, 7) is 9.48. The smallest absolute Gasteiger partial charge is 0.412 e. The summed E-state index contributed by atoms with van der Waals surface area (Å²) in [5.41, 5.74) is 6.22. The summed E-state index contributed by atoms with van der Waals surface area (Å²) >= 11 is 1.29. The van der Waals surface area contributed by atoms with Gasteiger partial charge in [0.2, 0.25) is 0 Å². The minimum atomic E-state index is -0.719. The molecule has 0 unspecified atom stereocenters. The summed E-state index contributed by atoms with van der Waals surface area (Å²) < 4.78 is 11.4. The van der Waals surface area contributed by atoms with Gasteiger partial charge in [0.15, 0.2) is 5.75 Å². The number of hydrogen-bond acceptors (Lipinski definition) is 7. The molecular weight excluding hydrogens is 442 g/mol. The van der Waals surface area contributed by atoms with Gasteiger partial charge in [-0.2, -0.15) is 0 Å². The quantitative estimate of drug-likeness (QED) is 0.418. The highest BCUT2D eigenvalue weighted by molar-refractivity contribution is 7.20. The van der Waals surface area contributed by atoms with Crippen LogP contribution < -0.4 is 31.2 Å². The SMILES string of the molecule is CCN(CC)CCOc1ccc(-c2cc(OC(=O)NC3CCNCC3)c(NC(N)=O)s2)cc1. The molecule has 1 aromatic carbocycles. The summed E-state index contributed by atoms with van der Waals surface area (Å²) in [5, 5.41) is 9.06. The highest BCUT2D eigenvalue weighted by atomic mass is 32.1. The molecule has 3 rings (SSSR count). The fourth-order valence-corrected chi connectivity index (χ4v) is 4.59. The van der Waals surface area contributed by atoms with Gasteiger partial charge in [-0.15, -0.1) is 11.3 Å². The zero-order valence-corrected chi connectivity index (χ0v) is 20.0. The minimum Gasteiger partial charge on any atom is -0.492 e. The van der Waals surface area contributed by atoms with Gasteiger partial charge in [0.25, 0.3) is 0 Å². The lowest BCUT2D eigenvalue weighted by molar-refractivity contribution is 0.193. The fraction of sp³-hybridized carbons (Fsp3) is 0.478. The van der Waals surface area contributed by atoms with Gasteiger partial charge in [-0.05, 0) is 68.8 Å². The van der Waals surface area contributed by atoms with E-state index in [0.29, 0.717) is 11.6 Å². The first-order valence-corrected chi connectivity index (χ1v) is 12.1. The predicted octanol–water partition coefficient (Wildman–Crippen LogP) is 3.47. The number of carbonyl (C=O) groups excluding carboxylic acids is 2. The molecule has 0 spiro atoms. The first-order valence-electron chi connectivity index (χ1n) is 11.3. The number of nitrogens with two attached hydrogens (primary N) is 1. The predicted molar refractivity (Wildman–Crippen MR) is 131 cm³/mol. The van der Waals surface area contributed by atoms with Crippen molar-refractivity contribution in [1.82, 2.24) is 15.5 Å². The number of nitrogens with one attached hydrogen (secondary N) is 3. The molecule has 0 saturated carbocycles. The van der Waals surface area contributed by atoms with Crippen molar-refractivity contribution in [3.8, 4) is 21.9 Å². The number of amides is 3. The van der Waals surface area contributed by atoms with E-state index in [0.717, 1.165) is 61.8 Å². The summed E-state index contributed by atoms with van der Waals surface area (Å²) in [4.78, 5) is 27.0. The van der Waals surface area contributed by atoms with Crippen LogP contribution in [0.25, 0.3) is 10.4 Å². The number of urea groups is 1. The standard InChI is InChI=1S/C23H33N5O4S/c1-3-28(4-2)13-14-31-18-7-5-16(6-8-18)20-15-19(21(33-20)27-22(24)29)32-23(30)26-17-9-11-25-12-10-17/h5-8,15,17,25H,3-4,9-14H2,1-2H3,(H,26,30)(H3,24,27,29). The summed E-state index contributed by atoms with van der Waals surface area (Å²) in [6.07, 6.45) is 1.15. The summed E-state index contributed by atoms with van der Waals surface area (Å²) in [6, 6.07) is 8.76. The maximum Gasteiger partial charge on any atom is 0.412 e. The molecule has 0 radical (unpaired) electrons. The molecule has 3 amide bonds. The zero-order chi connectivity index (χ0) is 23.6. The largest absolute Gasteiger partial charge is 0.492 e. The second kappa shape index (κ2) is 12.4. The number of primary amides is 1.